The minimum Gasteiger partial charge on any atom is -0.493 e. The molecule has 33 heavy (non-hydrogen) atoms. The van der Waals surface area contributed by atoms with Crippen LogP contribution >= 0.6 is 11.6 Å². The number of benzene rings is 2. The summed E-state index contributed by atoms with van der Waals surface area (Å²) in [5.41, 5.74) is 2.11. The van der Waals surface area contributed by atoms with Gasteiger partial charge in [-0.1, -0.05) is 31.5 Å². The van der Waals surface area contributed by atoms with Crippen molar-refractivity contribution in [2.24, 2.45) is 5.92 Å². The number of hydrogen-bond donors (Lipinski definition) is 3. The normalized spacial score (nSPS) is 16.7. The average Bonchev–Trinajstić information content (AvgIpc) is 2.79. The van der Waals surface area contributed by atoms with Gasteiger partial charge in [-0.05, 0) is 29.7 Å². The number of fused-ring (bicyclic) bond motifs is 2. The first-order chi connectivity index (χ1) is 15.9. The lowest BCUT2D eigenvalue weighted by molar-refractivity contribution is -0.131. The molecular formula is C23H24ClN5O4. The van der Waals surface area contributed by atoms with Crippen LogP contribution in [-0.4, -0.2) is 41.5 Å². The zero-order valence-electron chi connectivity index (χ0n) is 18.4. The zero-order chi connectivity index (χ0) is 23.5. The smallest absolute Gasteiger partial charge is 0.258 e. The number of aromatic nitrogens is 2. The van der Waals surface area contributed by atoms with Gasteiger partial charge in [-0.25, -0.2) is 9.97 Å². The Morgan fingerprint density at radius 3 is 2.76 bits per heavy atom. The van der Waals surface area contributed by atoms with Gasteiger partial charge in [-0.2, -0.15) is 0 Å². The zero-order valence-corrected chi connectivity index (χ0v) is 19.2. The Morgan fingerprint density at radius 1 is 1.18 bits per heavy atom. The van der Waals surface area contributed by atoms with Gasteiger partial charge in [0.2, 0.25) is 5.91 Å². The van der Waals surface area contributed by atoms with Crippen LogP contribution in [0.4, 0.5) is 11.5 Å². The molecule has 0 saturated carbocycles. The third kappa shape index (κ3) is 4.93. The second-order valence-electron chi connectivity index (χ2n) is 7.96. The molecule has 1 atom stereocenters. The van der Waals surface area contributed by atoms with E-state index >= 15 is 0 Å². The van der Waals surface area contributed by atoms with E-state index in [-0.39, 0.29) is 25.0 Å². The van der Waals surface area contributed by atoms with Crippen LogP contribution in [0, 0.1) is 5.92 Å². The molecule has 3 N–H and O–H groups in total. The highest BCUT2D eigenvalue weighted by Gasteiger charge is 2.25. The van der Waals surface area contributed by atoms with Crippen molar-refractivity contribution in [3.05, 3.63) is 47.2 Å². The van der Waals surface area contributed by atoms with E-state index in [2.05, 4.69) is 25.9 Å². The van der Waals surface area contributed by atoms with Crippen molar-refractivity contribution in [1.82, 2.24) is 20.6 Å². The molecule has 172 valence electrons. The number of amides is 2. The fourth-order valence-corrected chi connectivity index (χ4v) is 3.74. The lowest BCUT2D eigenvalue weighted by Crippen LogP contribution is -2.50. The number of carbonyl (C=O) groups excluding carboxylic acids is 2. The predicted molar refractivity (Wildman–Crippen MR) is 125 cm³/mol. The van der Waals surface area contributed by atoms with E-state index in [1.165, 1.54) is 13.4 Å². The van der Waals surface area contributed by atoms with E-state index in [4.69, 9.17) is 21.1 Å². The van der Waals surface area contributed by atoms with Gasteiger partial charge >= 0.3 is 0 Å². The molecular weight excluding hydrogens is 446 g/mol. The maximum Gasteiger partial charge on any atom is 0.258 e. The first-order valence-corrected chi connectivity index (χ1v) is 10.8. The Bertz CT molecular complexity index is 1220. The Kier molecular flexibility index (Phi) is 6.50. The Hall–Kier alpha value is -3.59. The highest BCUT2D eigenvalue weighted by molar-refractivity contribution is 6.30. The van der Waals surface area contributed by atoms with Crippen molar-refractivity contribution in [1.29, 1.82) is 0 Å². The van der Waals surface area contributed by atoms with E-state index in [1.807, 2.05) is 19.9 Å². The third-order valence-electron chi connectivity index (χ3n) is 5.32. The molecule has 9 nitrogen and oxygen atoms in total. The minimum atomic E-state index is -0.720. The molecule has 1 aliphatic heterocycles. The molecule has 2 heterocycles. The number of ether oxygens (including phenoxy) is 2. The summed E-state index contributed by atoms with van der Waals surface area (Å²) < 4.78 is 11.2. The fourth-order valence-electron chi connectivity index (χ4n) is 3.57. The van der Waals surface area contributed by atoms with Crippen LogP contribution in [0.1, 0.15) is 19.4 Å². The van der Waals surface area contributed by atoms with Gasteiger partial charge in [0.15, 0.2) is 18.1 Å². The Labute approximate surface area is 195 Å². The second kappa shape index (κ2) is 9.50. The summed E-state index contributed by atoms with van der Waals surface area (Å²) in [5.74, 6) is 0.447. The molecule has 2 aromatic carbocycles. The summed E-state index contributed by atoms with van der Waals surface area (Å²) in [6.45, 7) is 3.67. The number of hydrogen-bond acceptors (Lipinski definition) is 7. The average molecular weight is 470 g/mol. The molecule has 2 amide bonds. The second-order valence-corrected chi connectivity index (χ2v) is 8.40. The molecule has 0 spiro atoms. The molecule has 0 aliphatic carbocycles. The highest BCUT2D eigenvalue weighted by Crippen LogP contribution is 2.35. The van der Waals surface area contributed by atoms with Gasteiger partial charge in [0, 0.05) is 28.7 Å². The first kappa shape index (κ1) is 22.6. The summed E-state index contributed by atoms with van der Waals surface area (Å²) in [6, 6.07) is 8.05. The molecule has 2 bridgehead atoms. The standard InChI is InChI=1S/C23H24ClN5O4/c1-12(2)21-23(31)25-9-13-4-5-14(24)6-16(13)28-22-15-7-19(33-10-20(30)29-21)18(32-3)8-17(15)26-11-27-22/h4-8,11-12,21H,9-10H2,1-3H3,(H,25,31)(H,29,30)(H,26,27,28). The number of carbonyl (C=O) groups is 2. The quantitative estimate of drug-likeness (QED) is 0.528. The van der Waals surface area contributed by atoms with Crippen molar-refractivity contribution in [3.8, 4) is 11.5 Å². The van der Waals surface area contributed by atoms with Crippen LogP contribution in [-0.2, 0) is 16.1 Å². The molecule has 0 radical (unpaired) electrons. The molecule has 1 aromatic heterocycles. The van der Waals surface area contributed by atoms with E-state index in [0.717, 1.165) is 5.56 Å². The van der Waals surface area contributed by atoms with Gasteiger partial charge in [-0.15, -0.1) is 0 Å². The Morgan fingerprint density at radius 2 is 2.00 bits per heavy atom. The summed E-state index contributed by atoms with van der Waals surface area (Å²) in [5, 5.41) is 10.1. The number of nitrogens with one attached hydrogen (secondary N) is 3. The summed E-state index contributed by atoms with van der Waals surface area (Å²) in [7, 11) is 1.51. The van der Waals surface area contributed by atoms with E-state index in [0.29, 0.717) is 38.9 Å². The molecule has 3 aromatic rings. The Balaban J connectivity index is 1.83. The highest BCUT2D eigenvalue weighted by atomic mass is 35.5. The number of halogens is 1. The van der Waals surface area contributed by atoms with E-state index in [1.54, 1.807) is 24.3 Å². The molecule has 0 saturated heterocycles. The fraction of sp³-hybridized carbons (Fsp3) is 0.304. The van der Waals surface area contributed by atoms with Crippen molar-refractivity contribution < 1.29 is 19.1 Å². The van der Waals surface area contributed by atoms with Gasteiger partial charge in [0.05, 0.1) is 12.6 Å². The molecule has 0 fully saturated rings. The third-order valence-corrected chi connectivity index (χ3v) is 5.56. The van der Waals surface area contributed by atoms with Crippen LogP contribution in [0.3, 0.4) is 0 Å². The first-order valence-electron chi connectivity index (χ1n) is 10.4. The lowest BCUT2D eigenvalue weighted by Gasteiger charge is -2.22. The number of nitrogens with zero attached hydrogens (tertiary/aromatic N) is 2. The predicted octanol–water partition coefficient (Wildman–Crippen LogP) is 3.18. The van der Waals surface area contributed by atoms with Crippen molar-refractivity contribution in [3.63, 3.8) is 0 Å². The maximum atomic E-state index is 12.9. The summed E-state index contributed by atoms with van der Waals surface area (Å²) in [4.78, 5) is 34.1. The number of anilines is 2. The van der Waals surface area contributed by atoms with Gasteiger partial charge < -0.3 is 25.4 Å². The lowest BCUT2D eigenvalue weighted by atomic mass is 10.0. The number of rotatable bonds is 2. The largest absolute Gasteiger partial charge is 0.493 e. The molecule has 4 rings (SSSR count). The maximum absolute atomic E-state index is 12.9. The van der Waals surface area contributed by atoms with E-state index < -0.39 is 11.9 Å². The van der Waals surface area contributed by atoms with Gasteiger partial charge in [-0.3, -0.25) is 9.59 Å². The van der Waals surface area contributed by atoms with Crippen LogP contribution in [0.25, 0.3) is 10.9 Å². The SMILES string of the molecule is COc1cc2ncnc3c2cc1OCC(=O)NC(C(C)C)C(=O)NCc1ccc(Cl)cc1N3. The summed E-state index contributed by atoms with van der Waals surface area (Å²) >= 11 is 6.25. The molecule has 10 heteroatoms. The van der Waals surface area contributed by atoms with Crippen LogP contribution in [0.2, 0.25) is 5.02 Å². The van der Waals surface area contributed by atoms with Crippen LogP contribution < -0.4 is 25.4 Å². The van der Waals surface area contributed by atoms with Crippen molar-refractivity contribution >= 4 is 45.8 Å². The van der Waals surface area contributed by atoms with Gasteiger partial charge in [0.1, 0.15) is 18.2 Å². The monoisotopic (exact) mass is 469 g/mol. The molecule has 1 unspecified atom stereocenters. The van der Waals surface area contributed by atoms with Crippen molar-refractivity contribution in [2.45, 2.75) is 26.4 Å². The summed E-state index contributed by atoms with van der Waals surface area (Å²) in [6.07, 6.45) is 1.44. The topological polar surface area (TPSA) is 114 Å². The van der Waals surface area contributed by atoms with Crippen LogP contribution in [0.15, 0.2) is 36.7 Å². The number of methoxy groups -OCH3 is 1. The van der Waals surface area contributed by atoms with Crippen molar-refractivity contribution in [2.75, 3.05) is 19.0 Å². The van der Waals surface area contributed by atoms with E-state index in [9.17, 15) is 9.59 Å². The van der Waals surface area contributed by atoms with Gasteiger partial charge in [0.25, 0.3) is 5.91 Å². The molecule has 1 aliphatic rings. The minimum absolute atomic E-state index is 0.127. The van der Waals surface area contributed by atoms with Crippen LogP contribution in [0.5, 0.6) is 11.5 Å².